The van der Waals surface area contributed by atoms with Crippen molar-refractivity contribution in [3.8, 4) is 5.75 Å². The van der Waals surface area contributed by atoms with E-state index in [-0.39, 0.29) is 59.7 Å². The van der Waals surface area contributed by atoms with Crippen molar-refractivity contribution in [2.24, 2.45) is 0 Å². The van der Waals surface area contributed by atoms with Crippen molar-refractivity contribution in [3.63, 3.8) is 0 Å². The number of halogens is 4. The number of alkyl halides is 3. The van der Waals surface area contributed by atoms with Gasteiger partial charge in [-0.15, -0.1) is 5.10 Å². The fourth-order valence-corrected chi connectivity index (χ4v) is 7.48. The van der Waals surface area contributed by atoms with Gasteiger partial charge in [0.25, 0.3) is 11.5 Å². The van der Waals surface area contributed by atoms with Crippen molar-refractivity contribution in [1.29, 1.82) is 0 Å². The number of rotatable bonds is 5. The fourth-order valence-electron chi connectivity index (χ4n) is 7.27. The van der Waals surface area contributed by atoms with Gasteiger partial charge in [0.1, 0.15) is 18.6 Å². The number of piperidine rings is 1. The molecule has 1 atom stereocenters. The summed E-state index contributed by atoms with van der Waals surface area (Å²) < 4.78 is 47.7. The van der Waals surface area contributed by atoms with E-state index >= 15 is 0 Å². The number of aromatic hydroxyl groups is 1. The number of carbonyl (C=O) groups excluding carboxylic acids is 2. The first-order valence-electron chi connectivity index (χ1n) is 15.9. The lowest BCUT2D eigenvalue weighted by molar-refractivity contribution is -0.141. The van der Waals surface area contributed by atoms with E-state index in [2.05, 4.69) is 25.4 Å². The first kappa shape index (κ1) is 33.6. The molecule has 0 unspecified atom stereocenters. The van der Waals surface area contributed by atoms with Crippen molar-refractivity contribution in [3.05, 3.63) is 74.2 Å². The molecule has 0 radical (unpaired) electrons. The first-order valence-corrected chi connectivity index (χ1v) is 16.3. The average molecular weight is 714 g/mol. The molecule has 0 aromatic carbocycles. The minimum Gasteiger partial charge on any atom is -0.504 e. The SMILES string of the molecule is Cc1ncnc(C(=O)N2CCC3(CC2)C[C@@H](C)c2c3c(=O)n3nc(C4=CCOCC4)nc3n2CC(=O)Nc2ccc(C(F)(F)F)nc2Cl)c1O. The van der Waals surface area contributed by atoms with E-state index in [9.17, 15) is 32.7 Å². The molecule has 2 amide bonds. The summed E-state index contributed by atoms with van der Waals surface area (Å²) >= 11 is 6.03. The number of amides is 2. The molecule has 0 saturated carbocycles. The Bertz CT molecular complexity index is 2140. The van der Waals surface area contributed by atoms with Gasteiger partial charge in [-0.05, 0) is 56.2 Å². The molecule has 4 aromatic rings. The van der Waals surface area contributed by atoms with Crippen LogP contribution >= 0.6 is 11.6 Å². The third-order valence-electron chi connectivity index (χ3n) is 9.66. The minimum absolute atomic E-state index is 0.0929. The molecule has 18 heteroatoms. The molecule has 14 nitrogen and oxygen atoms in total. The minimum atomic E-state index is -4.72. The molecule has 2 aliphatic heterocycles. The van der Waals surface area contributed by atoms with Crippen LogP contribution in [-0.4, -0.2) is 82.2 Å². The number of hydrogen-bond acceptors (Lipinski definition) is 10. The second kappa shape index (κ2) is 12.5. The molecule has 7 rings (SSSR count). The molecule has 1 spiro atoms. The summed E-state index contributed by atoms with van der Waals surface area (Å²) in [6.45, 7) is 4.53. The van der Waals surface area contributed by atoms with Gasteiger partial charge in [0.05, 0.1) is 24.6 Å². The Kier molecular flexibility index (Phi) is 8.37. The van der Waals surface area contributed by atoms with Gasteiger partial charge in [-0.2, -0.15) is 22.7 Å². The quantitative estimate of drug-likeness (QED) is 0.290. The van der Waals surface area contributed by atoms with Gasteiger partial charge in [-0.3, -0.25) is 14.4 Å². The van der Waals surface area contributed by atoms with Crippen LogP contribution in [0.5, 0.6) is 5.75 Å². The topological polar surface area (TPSA) is 170 Å². The highest BCUT2D eigenvalue weighted by Gasteiger charge is 2.49. The zero-order valence-electron chi connectivity index (χ0n) is 26.9. The first-order chi connectivity index (χ1) is 23.8. The van der Waals surface area contributed by atoms with Crippen LogP contribution in [0.15, 0.2) is 29.3 Å². The Balaban J connectivity index is 1.26. The molecule has 262 valence electrons. The number of likely N-dealkylation sites (tertiary alicyclic amines) is 1. The second-order valence-corrected chi connectivity index (χ2v) is 13.1. The van der Waals surface area contributed by atoms with Crippen LogP contribution in [0.2, 0.25) is 5.15 Å². The Morgan fingerprint density at radius 3 is 2.62 bits per heavy atom. The van der Waals surface area contributed by atoms with Crippen molar-refractivity contribution >= 4 is 40.5 Å². The molecule has 2 N–H and O–H groups in total. The largest absolute Gasteiger partial charge is 0.504 e. The maximum absolute atomic E-state index is 14.4. The summed E-state index contributed by atoms with van der Waals surface area (Å²) in [6, 6.07) is 1.75. The number of nitrogens with zero attached hydrogens (tertiary/aromatic N) is 8. The van der Waals surface area contributed by atoms with Gasteiger partial charge in [0.15, 0.2) is 22.4 Å². The number of fused-ring (bicyclic) bond motifs is 3. The molecule has 4 aromatic heterocycles. The Morgan fingerprint density at radius 1 is 1.18 bits per heavy atom. The summed E-state index contributed by atoms with van der Waals surface area (Å²) in [7, 11) is 0. The van der Waals surface area contributed by atoms with Crippen molar-refractivity contribution < 1.29 is 32.6 Å². The van der Waals surface area contributed by atoms with E-state index in [1.165, 1.54) is 10.8 Å². The second-order valence-electron chi connectivity index (χ2n) is 12.8. The lowest BCUT2D eigenvalue weighted by Gasteiger charge is -2.39. The van der Waals surface area contributed by atoms with Crippen molar-refractivity contribution in [2.45, 2.75) is 63.6 Å². The van der Waals surface area contributed by atoms with Crippen LogP contribution in [-0.2, 0) is 27.7 Å². The predicted octanol–water partition coefficient (Wildman–Crippen LogP) is 3.89. The Labute approximate surface area is 287 Å². The fraction of sp³-hybridized carbons (Fsp3) is 0.438. The summed E-state index contributed by atoms with van der Waals surface area (Å²) in [5.74, 6) is -1.12. The monoisotopic (exact) mass is 713 g/mol. The number of nitrogens with one attached hydrogen (secondary N) is 1. The number of aromatic nitrogens is 7. The molecule has 1 aliphatic carbocycles. The van der Waals surface area contributed by atoms with E-state index in [1.807, 2.05) is 13.0 Å². The third-order valence-corrected chi connectivity index (χ3v) is 9.95. The van der Waals surface area contributed by atoms with Gasteiger partial charge in [0, 0.05) is 29.8 Å². The molecule has 50 heavy (non-hydrogen) atoms. The van der Waals surface area contributed by atoms with E-state index < -0.39 is 34.3 Å². The number of ether oxygens (including phenoxy) is 1. The Morgan fingerprint density at radius 2 is 1.94 bits per heavy atom. The molecule has 1 saturated heterocycles. The number of anilines is 1. The lowest BCUT2D eigenvalue weighted by atomic mass is 9.73. The molecule has 0 bridgehead atoms. The number of pyridine rings is 1. The van der Waals surface area contributed by atoms with Crippen LogP contribution in [0, 0.1) is 6.92 Å². The van der Waals surface area contributed by atoms with Gasteiger partial charge < -0.3 is 24.6 Å². The normalized spacial score (nSPS) is 18.7. The molecule has 1 fully saturated rings. The molecular weight excluding hydrogens is 683 g/mol. The zero-order valence-corrected chi connectivity index (χ0v) is 27.7. The smallest absolute Gasteiger partial charge is 0.433 e. The van der Waals surface area contributed by atoms with Crippen molar-refractivity contribution in [2.75, 3.05) is 31.6 Å². The Hall–Kier alpha value is -4.90. The standard InChI is InChI=1S/C32H31ClF3N9O5/c1-16-13-31(7-9-43(10-8-31)29(49)23-25(47)17(2)37-15-38-23)22-24(16)44(14-21(46)39-19-3-4-20(32(34,35)36)40-26(19)33)30-41-27(42-45(30)28(22)48)18-5-11-50-12-6-18/h3-5,15-16,47H,6-14H2,1-2H3,(H,39,46)/t16-/m1/s1. The molecule has 6 heterocycles. The highest BCUT2D eigenvalue weighted by atomic mass is 35.5. The summed E-state index contributed by atoms with van der Waals surface area (Å²) in [5, 5.41) is 17.0. The van der Waals surface area contributed by atoms with Crippen molar-refractivity contribution in [1.82, 2.24) is 39.0 Å². The predicted molar refractivity (Wildman–Crippen MR) is 172 cm³/mol. The third kappa shape index (κ3) is 5.77. The number of aryl methyl sites for hydroxylation is 1. The van der Waals surface area contributed by atoms with E-state index in [4.69, 9.17) is 21.3 Å². The highest BCUT2D eigenvalue weighted by molar-refractivity contribution is 6.32. The molecular formula is C32H31ClF3N9O5. The van der Waals surface area contributed by atoms with Crippen LogP contribution in [0.3, 0.4) is 0 Å². The van der Waals surface area contributed by atoms with E-state index in [1.54, 1.807) is 16.4 Å². The maximum atomic E-state index is 14.4. The van der Waals surface area contributed by atoms with Gasteiger partial charge in [0.2, 0.25) is 11.7 Å². The van der Waals surface area contributed by atoms with E-state index in [0.29, 0.717) is 56.0 Å². The highest BCUT2D eigenvalue weighted by Crippen LogP contribution is 2.50. The summed E-state index contributed by atoms with van der Waals surface area (Å²) in [5.41, 5.74) is -0.299. The van der Waals surface area contributed by atoms with Crippen LogP contribution in [0.1, 0.15) is 77.5 Å². The zero-order chi connectivity index (χ0) is 35.5. The molecule has 3 aliphatic rings. The van der Waals surface area contributed by atoms with Gasteiger partial charge >= 0.3 is 6.18 Å². The number of carbonyl (C=O) groups is 2. The van der Waals surface area contributed by atoms with Gasteiger partial charge in [-0.1, -0.05) is 24.6 Å². The van der Waals surface area contributed by atoms with Gasteiger partial charge in [-0.25, -0.2) is 15.0 Å². The van der Waals surface area contributed by atoms with Crippen LogP contribution < -0.4 is 10.9 Å². The van der Waals surface area contributed by atoms with E-state index in [0.717, 1.165) is 17.7 Å². The summed E-state index contributed by atoms with van der Waals surface area (Å²) in [4.78, 5) is 58.9. The summed E-state index contributed by atoms with van der Waals surface area (Å²) in [6.07, 6.45) is 0.256. The van der Waals surface area contributed by atoms with Crippen LogP contribution in [0.4, 0.5) is 18.9 Å². The lowest BCUT2D eigenvalue weighted by Crippen LogP contribution is -2.46. The van der Waals surface area contributed by atoms with Crippen LogP contribution in [0.25, 0.3) is 11.4 Å². The average Bonchev–Trinajstić information content (AvgIpc) is 3.65. The maximum Gasteiger partial charge on any atom is 0.433 e. The number of hydrogen-bond donors (Lipinski definition) is 2.